The molecule has 4 nitrogen and oxygen atoms in total. The van der Waals surface area contributed by atoms with Gasteiger partial charge < -0.3 is 10.1 Å². The van der Waals surface area contributed by atoms with Crippen molar-refractivity contribution in [3.63, 3.8) is 0 Å². The minimum Gasteiger partial charge on any atom is -0.496 e. The standard InChI is InChI=1S/C17H17NO3/c1-12(19)13-7-5-8-15(10-13)18-17(20)11-14-6-3-4-9-16(14)21-2/h3-10H,11H2,1-2H3,(H,18,20). The van der Waals surface area contributed by atoms with Gasteiger partial charge in [-0.05, 0) is 25.1 Å². The highest BCUT2D eigenvalue weighted by molar-refractivity contribution is 5.97. The molecule has 2 aromatic carbocycles. The van der Waals surface area contributed by atoms with Gasteiger partial charge >= 0.3 is 0 Å². The monoisotopic (exact) mass is 283 g/mol. The number of ether oxygens (including phenoxy) is 1. The zero-order valence-corrected chi connectivity index (χ0v) is 12.1. The SMILES string of the molecule is COc1ccccc1CC(=O)Nc1cccc(C(C)=O)c1. The van der Waals surface area contributed by atoms with Crippen LogP contribution in [0.1, 0.15) is 22.8 Å². The van der Waals surface area contributed by atoms with Gasteiger partial charge in [0.05, 0.1) is 13.5 Å². The molecule has 0 saturated heterocycles. The predicted molar refractivity (Wildman–Crippen MR) is 81.8 cm³/mol. The summed E-state index contributed by atoms with van der Waals surface area (Å²) in [4.78, 5) is 23.4. The fraction of sp³-hybridized carbons (Fsp3) is 0.176. The van der Waals surface area contributed by atoms with Crippen LogP contribution < -0.4 is 10.1 Å². The molecule has 0 aliphatic rings. The van der Waals surface area contributed by atoms with Gasteiger partial charge in [0.1, 0.15) is 5.75 Å². The van der Waals surface area contributed by atoms with Crippen molar-refractivity contribution in [3.05, 3.63) is 59.7 Å². The number of carbonyl (C=O) groups is 2. The quantitative estimate of drug-likeness (QED) is 0.858. The van der Waals surface area contributed by atoms with Gasteiger partial charge in [0.25, 0.3) is 0 Å². The Hall–Kier alpha value is -2.62. The maximum absolute atomic E-state index is 12.1. The largest absolute Gasteiger partial charge is 0.496 e. The molecule has 0 unspecified atom stereocenters. The van der Waals surface area contributed by atoms with Crippen molar-refractivity contribution in [3.8, 4) is 5.75 Å². The highest BCUT2D eigenvalue weighted by Gasteiger charge is 2.09. The van der Waals surface area contributed by atoms with Gasteiger partial charge in [-0.2, -0.15) is 0 Å². The van der Waals surface area contributed by atoms with Crippen LogP contribution in [-0.2, 0) is 11.2 Å². The molecule has 0 heterocycles. The number of amides is 1. The Morgan fingerprint density at radius 2 is 1.86 bits per heavy atom. The summed E-state index contributed by atoms with van der Waals surface area (Å²) in [6.45, 7) is 1.50. The van der Waals surface area contributed by atoms with Crippen molar-refractivity contribution in [1.29, 1.82) is 0 Å². The molecule has 0 aromatic heterocycles. The minimum absolute atomic E-state index is 0.0316. The van der Waals surface area contributed by atoms with E-state index in [1.54, 1.807) is 31.4 Å². The summed E-state index contributed by atoms with van der Waals surface area (Å²) in [7, 11) is 1.58. The zero-order chi connectivity index (χ0) is 15.2. The molecule has 0 saturated carbocycles. The van der Waals surface area contributed by atoms with Crippen molar-refractivity contribution in [2.75, 3.05) is 12.4 Å². The van der Waals surface area contributed by atoms with Gasteiger partial charge in [0, 0.05) is 16.8 Å². The van der Waals surface area contributed by atoms with Crippen LogP contribution >= 0.6 is 0 Å². The van der Waals surface area contributed by atoms with Crippen molar-refractivity contribution >= 4 is 17.4 Å². The van der Waals surface area contributed by atoms with Gasteiger partial charge in [0.15, 0.2) is 5.78 Å². The van der Waals surface area contributed by atoms with Crippen LogP contribution in [0.4, 0.5) is 5.69 Å². The first-order chi connectivity index (χ1) is 10.1. The summed E-state index contributed by atoms with van der Waals surface area (Å²) < 4.78 is 5.22. The third kappa shape index (κ3) is 3.92. The number of hydrogen-bond donors (Lipinski definition) is 1. The lowest BCUT2D eigenvalue weighted by atomic mass is 10.1. The first-order valence-corrected chi connectivity index (χ1v) is 6.63. The smallest absolute Gasteiger partial charge is 0.228 e. The van der Waals surface area contributed by atoms with E-state index in [1.807, 2.05) is 24.3 Å². The number of rotatable bonds is 5. The predicted octanol–water partition coefficient (Wildman–Crippen LogP) is 3.08. The molecule has 108 valence electrons. The van der Waals surface area contributed by atoms with Crippen molar-refractivity contribution < 1.29 is 14.3 Å². The molecular formula is C17H17NO3. The van der Waals surface area contributed by atoms with Crippen molar-refractivity contribution in [2.24, 2.45) is 0 Å². The fourth-order valence-corrected chi connectivity index (χ4v) is 2.04. The van der Waals surface area contributed by atoms with E-state index in [4.69, 9.17) is 4.74 Å². The van der Waals surface area contributed by atoms with Crippen LogP contribution in [0.5, 0.6) is 5.75 Å². The van der Waals surface area contributed by atoms with Crippen LogP contribution in [0, 0.1) is 0 Å². The minimum atomic E-state index is -0.153. The summed E-state index contributed by atoms with van der Waals surface area (Å²) in [5.74, 6) is 0.501. The Labute approximate surface area is 123 Å². The molecule has 21 heavy (non-hydrogen) atoms. The van der Waals surface area contributed by atoms with Crippen molar-refractivity contribution in [1.82, 2.24) is 0 Å². The van der Waals surface area contributed by atoms with E-state index in [-0.39, 0.29) is 18.1 Å². The third-order valence-electron chi connectivity index (χ3n) is 3.10. The van der Waals surface area contributed by atoms with Crippen LogP contribution in [-0.4, -0.2) is 18.8 Å². The van der Waals surface area contributed by atoms with E-state index in [1.165, 1.54) is 6.92 Å². The molecule has 1 N–H and O–H groups in total. The number of Topliss-reactive ketones (excluding diaryl/α,β-unsaturated/α-hetero) is 1. The fourth-order valence-electron chi connectivity index (χ4n) is 2.04. The maximum Gasteiger partial charge on any atom is 0.228 e. The summed E-state index contributed by atoms with van der Waals surface area (Å²) in [6.07, 6.45) is 0.217. The molecule has 0 spiro atoms. The topological polar surface area (TPSA) is 55.4 Å². The lowest BCUT2D eigenvalue weighted by Gasteiger charge is -2.09. The number of benzene rings is 2. The van der Waals surface area contributed by atoms with E-state index < -0.39 is 0 Å². The maximum atomic E-state index is 12.1. The molecule has 0 aliphatic carbocycles. The summed E-state index contributed by atoms with van der Waals surface area (Å²) >= 11 is 0. The molecule has 0 fully saturated rings. The molecule has 1 amide bonds. The van der Waals surface area contributed by atoms with Gasteiger partial charge in [-0.15, -0.1) is 0 Å². The van der Waals surface area contributed by atoms with E-state index in [0.29, 0.717) is 17.0 Å². The molecule has 4 heteroatoms. The molecule has 2 aromatic rings. The second-order valence-corrected chi connectivity index (χ2v) is 4.67. The van der Waals surface area contributed by atoms with E-state index in [9.17, 15) is 9.59 Å². The van der Waals surface area contributed by atoms with Gasteiger partial charge in [0.2, 0.25) is 5.91 Å². The van der Waals surface area contributed by atoms with E-state index >= 15 is 0 Å². The first kappa shape index (κ1) is 14.8. The Kier molecular flexibility index (Phi) is 4.72. The number of anilines is 1. The highest BCUT2D eigenvalue weighted by atomic mass is 16.5. The van der Waals surface area contributed by atoms with Crippen LogP contribution in [0.3, 0.4) is 0 Å². The molecule has 0 radical (unpaired) electrons. The number of hydrogen-bond acceptors (Lipinski definition) is 3. The molecule has 2 rings (SSSR count). The highest BCUT2D eigenvalue weighted by Crippen LogP contribution is 2.18. The van der Waals surface area contributed by atoms with Gasteiger partial charge in [-0.1, -0.05) is 30.3 Å². The van der Waals surface area contributed by atoms with Crippen LogP contribution in [0.2, 0.25) is 0 Å². The number of ketones is 1. The molecule has 0 bridgehead atoms. The number of para-hydroxylation sites is 1. The van der Waals surface area contributed by atoms with Gasteiger partial charge in [-0.25, -0.2) is 0 Å². The number of methoxy groups -OCH3 is 1. The first-order valence-electron chi connectivity index (χ1n) is 6.63. The second kappa shape index (κ2) is 6.70. The Morgan fingerprint density at radius 1 is 1.10 bits per heavy atom. The lowest BCUT2D eigenvalue weighted by molar-refractivity contribution is -0.115. The zero-order valence-electron chi connectivity index (χ0n) is 12.1. The Balaban J connectivity index is 2.08. The Morgan fingerprint density at radius 3 is 2.57 bits per heavy atom. The van der Waals surface area contributed by atoms with Crippen molar-refractivity contribution in [2.45, 2.75) is 13.3 Å². The average molecular weight is 283 g/mol. The number of nitrogens with one attached hydrogen (secondary N) is 1. The van der Waals surface area contributed by atoms with Gasteiger partial charge in [-0.3, -0.25) is 9.59 Å². The normalized spacial score (nSPS) is 10.0. The summed E-state index contributed by atoms with van der Waals surface area (Å²) in [5, 5.41) is 2.79. The average Bonchev–Trinajstić information content (AvgIpc) is 2.48. The summed E-state index contributed by atoms with van der Waals surface area (Å²) in [6, 6.07) is 14.3. The van der Waals surface area contributed by atoms with E-state index in [2.05, 4.69) is 5.32 Å². The van der Waals surface area contributed by atoms with Crippen LogP contribution in [0.15, 0.2) is 48.5 Å². The lowest BCUT2D eigenvalue weighted by Crippen LogP contribution is -2.15. The number of carbonyl (C=O) groups excluding carboxylic acids is 2. The summed E-state index contributed by atoms with van der Waals surface area (Å²) in [5.41, 5.74) is 2.01. The van der Waals surface area contributed by atoms with E-state index in [0.717, 1.165) is 5.56 Å². The van der Waals surface area contributed by atoms with Crippen LogP contribution in [0.25, 0.3) is 0 Å². The third-order valence-corrected chi connectivity index (χ3v) is 3.10. The second-order valence-electron chi connectivity index (χ2n) is 4.67. The molecular weight excluding hydrogens is 266 g/mol. The molecule has 0 aliphatic heterocycles. The molecule has 0 atom stereocenters. The Bertz CT molecular complexity index is 665.